The molecule has 0 spiro atoms. The maximum absolute atomic E-state index is 11.2. The Labute approximate surface area is 138 Å². The molecule has 1 aliphatic carbocycles. The second-order valence-electron chi connectivity index (χ2n) is 7.93. The van der Waals surface area contributed by atoms with Crippen molar-refractivity contribution in [3.05, 3.63) is 23.8 Å². The fourth-order valence-corrected chi connectivity index (χ4v) is 3.89. The highest BCUT2D eigenvalue weighted by Gasteiger charge is 2.31. The average Bonchev–Trinajstić information content (AvgIpc) is 2.90. The lowest BCUT2D eigenvalue weighted by Gasteiger charge is -2.37. The highest BCUT2D eigenvalue weighted by molar-refractivity contribution is 5.89. The molecule has 0 radical (unpaired) electrons. The van der Waals surface area contributed by atoms with Crippen molar-refractivity contribution in [2.24, 2.45) is 11.3 Å². The van der Waals surface area contributed by atoms with Crippen LogP contribution in [0.1, 0.15) is 52.0 Å². The summed E-state index contributed by atoms with van der Waals surface area (Å²) in [5, 5.41) is 9.18. The summed E-state index contributed by atoms with van der Waals surface area (Å²) in [6.45, 7) is 7.53. The van der Waals surface area contributed by atoms with E-state index >= 15 is 0 Å². The van der Waals surface area contributed by atoms with E-state index in [0.29, 0.717) is 18.1 Å². The molecule has 0 atom stereocenters. The second-order valence-corrected chi connectivity index (χ2v) is 7.93. The zero-order valence-electron chi connectivity index (χ0n) is 14.3. The number of carboxylic acid groups (broad SMARTS) is 1. The number of fused-ring (bicyclic) bond motifs is 1. The summed E-state index contributed by atoms with van der Waals surface area (Å²) in [6.07, 6.45) is 4.87. The minimum Gasteiger partial charge on any atom is -0.490 e. The first-order valence-corrected chi connectivity index (χ1v) is 8.64. The number of hydrogen-bond acceptors (Lipinski definition) is 2. The quantitative estimate of drug-likeness (QED) is 0.859. The highest BCUT2D eigenvalue weighted by atomic mass is 16.5. The molecule has 1 fully saturated rings. The van der Waals surface area contributed by atoms with Crippen molar-refractivity contribution in [3.8, 4) is 5.75 Å². The van der Waals surface area contributed by atoms with Crippen LogP contribution in [-0.2, 0) is 6.42 Å². The maximum atomic E-state index is 11.2. The molecule has 23 heavy (non-hydrogen) atoms. The van der Waals surface area contributed by atoms with Gasteiger partial charge in [0.2, 0.25) is 0 Å². The maximum Gasteiger partial charge on any atom is 0.411 e. The molecule has 1 aliphatic heterocycles. The molecule has 1 N–H and O–H groups in total. The molecular formula is C19H27NO3. The molecule has 0 saturated heterocycles. The van der Waals surface area contributed by atoms with Crippen LogP contribution in [0.2, 0.25) is 0 Å². The number of anilines is 1. The summed E-state index contributed by atoms with van der Waals surface area (Å²) in [5.74, 6) is 1.67. The van der Waals surface area contributed by atoms with E-state index in [1.165, 1.54) is 17.7 Å². The molecule has 1 aromatic carbocycles. The summed E-state index contributed by atoms with van der Waals surface area (Å²) < 4.78 is 6.17. The van der Waals surface area contributed by atoms with E-state index in [-0.39, 0.29) is 0 Å². The Morgan fingerprint density at radius 2 is 1.91 bits per heavy atom. The fraction of sp³-hybridized carbons (Fsp3) is 0.632. The first-order valence-electron chi connectivity index (χ1n) is 8.64. The van der Waals surface area contributed by atoms with Crippen LogP contribution in [-0.4, -0.2) is 23.8 Å². The lowest BCUT2D eigenvalue weighted by atomic mass is 9.72. The predicted octanol–water partition coefficient (Wildman–Crippen LogP) is 4.71. The van der Waals surface area contributed by atoms with Gasteiger partial charge in [0.15, 0.2) is 0 Å². The van der Waals surface area contributed by atoms with Gasteiger partial charge in [0, 0.05) is 6.54 Å². The van der Waals surface area contributed by atoms with E-state index in [1.54, 1.807) is 0 Å². The number of amides is 1. The second kappa shape index (κ2) is 6.06. The monoisotopic (exact) mass is 317 g/mol. The Kier molecular flexibility index (Phi) is 4.26. The summed E-state index contributed by atoms with van der Waals surface area (Å²) in [7, 11) is 0. The average molecular weight is 317 g/mol. The van der Waals surface area contributed by atoms with Crippen molar-refractivity contribution in [2.75, 3.05) is 11.4 Å². The Morgan fingerprint density at radius 3 is 2.52 bits per heavy atom. The Balaban J connectivity index is 1.61. The van der Waals surface area contributed by atoms with Crippen molar-refractivity contribution in [1.82, 2.24) is 0 Å². The Morgan fingerprint density at radius 1 is 1.22 bits per heavy atom. The van der Waals surface area contributed by atoms with Crippen LogP contribution in [0, 0.1) is 11.3 Å². The van der Waals surface area contributed by atoms with Gasteiger partial charge in [-0.3, -0.25) is 4.90 Å². The molecular weight excluding hydrogens is 290 g/mol. The van der Waals surface area contributed by atoms with E-state index in [0.717, 1.165) is 42.2 Å². The van der Waals surface area contributed by atoms with Gasteiger partial charge in [0.25, 0.3) is 0 Å². The van der Waals surface area contributed by atoms with Crippen LogP contribution < -0.4 is 9.64 Å². The van der Waals surface area contributed by atoms with Crippen LogP contribution in [0.15, 0.2) is 18.2 Å². The van der Waals surface area contributed by atoms with E-state index in [2.05, 4.69) is 20.8 Å². The lowest BCUT2D eigenvalue weighted by molar-refractivity contribution is 0.0882. The topological polar surface area (TPSA) is 49.8 Å². The van der Waals surface area contributed by atoms with Crippen molar-refractivity contribution in [2.45, 2.75) is 59.0 Å². The summed E-state index contributed by atoms with van der Waals surface area (Å²) in [5.41, 5.74) is 2.27. The van der Waals surface area contributed by atoms with Crippen LogP contribution in [0.3, 0.4) is 0 Å². The molecule has 126 valence electrons. The number of ether oxygens (including phenoxy) is 1. The van der Waals surface area contributed by atoms with E-state index in [4.69, 9.17) is 4.74 Å². The van der Waals surface area contributed by atoms with Crippen LogP contribution in [0.5, 0.6) is 5.75 Å². The molecule has 0 aromatic heterocycles. The van der Waals surface area contributed by atoms with E-state index < -0.39 is 6.09 Å². The van der Waals surface area contributed by atoms with Crippen molar-refractivity contribution < 1.29 is 14.6 Å². The Bertz CT molecular complexity index is 583. The van der Waals surface area contributed by atoms with Crippen LogP contribution in [0.25, 0.3) is 0 Å². The number of hydrogen-bond donors (Lipinski definition) is 1. The van der Waals surface area contributed by atoms with Crippen molar-refractivity contribution in [3.63, 3.8) is 0 Å². The lowest BCUT2D eigenvalue weighted by Crippen LogP contribution is -2.30. The Hall–Kier alpha value is -1.71. The van der Waals surface area contributed by atoms with Gasteiger partial charge in [0.05, 0.1) is 11.8 Å². The van der Waals surface area contributed by atoms with Gasteiger partial charge in [-0.2, -0.15) is 0 Å². The number of nitrogens with zero attached hydrogens (tertiary/aromatic N) is 1. The third-order valence-corrected chi connectivity index (χ3v) is 5.38. The largest absolute Gasteiger partial charge is 0.490 e. The molecule has 4 heteroatoms. The third-order valence-electron chi connectivity index (χ3n) is 5.38. The number of benzene rings is 1. The summed E-state index contributed by atoms with van der Waals surface area (Å²) >= 11 is 0. The van der Waals surface area contributed by atoms with Crippen molar-refractivity contribution >= 4 is 11.8 Å². The number of carbonyl (C=O) groups is 1. The molecule has 1 saturated carbocycles. The minimum atomic E-state index is -0.877. The standard InChI is InChI=1S/C19H27NO3/c1-19(2,3)14-4-6-15(7-5-14)23-16-8-9-17-13(12-16)10-11-20(17)18(21)22/h8-9,12,14-15H,4-7,10-11H2,1-3H3,(H,21,22). The summed E-state index contributed by atoms with van der Waals surface area (Å²) in [4.78, 5) is 12.6. The summed E-state index contributed by atoms with van der Waals surface area (Å²) in [6, 6.07) is 5.82. The first-order chi connectivity index (χ1) is 10.8. The van der Waals surface area contributed by atoms with Crippen LogP contribution >= 0.6 is 0 Å². The van der Waals surface area contributed by atoms with Gasteiger partial charge in [-0.15, -0.1) is 0 Å². The van der Waals surface area contributed by atoms with E-state index in [9.17, 15) is 9.90 Å². The van der Waals surface area contributed by atoms with Gasteiger partial charge in [-0.1, -0.05) is 20.8 Å². The zero-order chi connectivity index (χ0) is 16.6. The number of rotatable bonds is 2. The smallest absolute Gasteiger partial charge is 0.411 e. The minimum absolute atomic E-state index is 0.295. The van der Waals surface area contributed by atoms with Gasteiger partial charge < -0.3 is 9.84 Å². The normalized spacial score (nSPS) is 24.4. The fourth-order valence-electron chi connectivity index (χ4n) is 3.89. The van der Waals surface area contributed by atoms with Gasteiger partial charge in [0.1, 0.15) is 5.75 Å². The molecule has 1 aromatic rings. The zero-order valence-corrected chi connectivity index (χ0v) is 14.3. The SMILES string of the molecule is CC(C)(C)C1CCC(Oc2ccc3c(c2)CCN3C(=O)O)CC1. The van der Waals surface area contributed by atoms with Crippen LogP contribution in [0.4, 0.5) is 10.5 Å². The van der Waals surface area contributed by atoms with E-state index in [1.807, 2.05) is 18.2 Å². The van der Waals surface area contributed by atoms with Crippen molar-refractivity contribution in [1.29, 1.82) is 0 Å². The molecule has 4 nitrogen and oxygen atoms in total. The molecule has 0 bridgehead atoms. The predicted molar refractivity (Wildman–Crippen MR) is 91.3 cm³/mol. The third kappa shape index (κ3) is 3.46. The molecule has 1 heterocycles. The molecule has 1 amide bonds. The van der Waals surface area contributed by atoms with Gasteiger partial charge in [-0.05, 0) is 67.2 Å². The first kappa shape index (κ1) is 16.2. The highest BCUT2D eigenvalue weighted by Crippen LogP contribution is 2.39. The van der Waals surface area contributed by atoms with Gasteiger partial charge >= 0.3 is 6.09 Å². The molecule has 2 aliphatic rings. The van der Waals surface area contributed by atoms with Gasteiger partial charge in [-0.25, -0.2) is 4.79 Å². The molecule has 3 rings (SSSR count). The molecule has 0 unspecified atom stereocenters.